The SMILES string of the molecule is Cc1sc(NC(=O)CN2CC[C@@H]3NC(=O)[C@H](Cc4ccccc4)NC(=O)C4(C/C=C/C[C@@H]3C2)CCOCC4)nc1-c1ccccc1. The number of allylic oxidation sites excluding steroid dienone is 2. The monoisotopic (exact) mass is 641 g/mol. The van der Waals surface area contributed by atoms with E-state index in [9.17, 15) is 14.4 Å². The van der Waals surface area contributed by atoms with Gasteiger partial charge in [0.15, 0.2) is 5.13 Å². The molecule has 3 aliphatic heterocycles. The first kappa shape index (κ1) is 32.1. The van der Waals surface area contributed by atoms with Gasteiger partial charge in [0.1, 0.15) is 6.04 Å². The van der Waals surface area contributed by atoms with Crippen LogP contribution in [0.2, 0.25) is 0 Å². The zero-order valence-corrected chi connectivity index (χ0v) is 27.2. The highest BCUT2D eigenvalue weighted by atomic mass is 32.1. The van der Waals surface area contributed by atoms with Crippen LogP contribution in [0.15, 0.2) is 72.8 Å². The van der Waals surface area contributed by atoms with E-state index in [1.54, 1.807) is 0 Å². The molecule has 10 heteroatoms. The molecule has 3 amide bonds. The Morgan fingerprint density at radius 3 is 2.54 bits per heavy atom. The van der Waals surface area contributed by atoms with Crippen molar-refractivity contribution < 1.29 is 19.1 Å². The lowest BCUT2D eigenvalue weighted by molar-refractivity contribution is -0.140. The van der Waals surface area contributed by atoms with Crippen LogP contribution in [0.1, 0.15) is 42.5 Å². The Labute approximate surface area is 274 Å². The molecule has 2 saturated heterocycles. The first-order valence-corrected chi connectivity index (χ1v) is 17.1. The van der Waals surface area contributed by atoms with Crippen LogP contribution in [-0.4, -0.2) is 72.5 Å². The number of amides is 3. The van der Waals surface area contributed by atoms with Gasteiger partial charge in [0.2, 0.25) is 17.7 Å². The molecule has 4 heterocycles. The van der Waals surface area contributed by atoms with Gasteiger partial charge in [-0.3, -0.25) is 19.3 Å². The van der Waals surface area contributed by atoms with Crippen molar-refractivity contribution in [1.29, 1.82) is 0 Å². The summed E-state index contributed by atoms with van der Waals surface area (Å²) in [6, 6.07) is 19.1. The minimum Gasteiger partial charge on any atom is -0.381 e. The van der Waals surface area contributed by atoms with Crippen LogP contribution in [-0.2, 0) is 25.5 Å². The van der Waals surface area contributed by atoms with E-state index in [2.05, 4.69) is 33.0 Å². The van der Waals surface area contributed by atoms with Gasteiger partial charge >= 0.3 is 0 Å². The second-order valence-electron chi connectivity index (χ2n) is 12.8. The van der Waals surface area contributed by atoms with E-state index in [1.165, 1.54) is 11.3 Å². The Kier molecular flexibility index (Phi) is 10.3. The number of nitrogens with one attached hydrogen (secondary N) is 3. The molecule has 0 saturated carbocycles. The van der Waals surface area contributed by atoms with E-state index in [0.717, 1.165) is 34.5 Å². The number of hydrogen-bond acceptors (Lipinski definition) is 7. The van der Waals surface area contributed by atoms with Gasteiger partial charge in [-0.05, 0) is 50.5 Å². The van der Waals surface area contributed by atoms with Crippen LogP contribution in [0.25, 0.3) is 11.3 Å². The quantitative estimate of drug-likeness (QED) is 0.336. The van der Waals surface area contributed by atoms with E-state index >= 15 is 0 Å². The van der Waals surface area contributed by atoms with E-state index in [0.29, 0.717) is 57.1 Å². The normalized spacial score (nSPS) is 24.5. The van der Waals surface area contributed by atoms with Crippen molar-refractivity contribution in [3.05, 3.63) is 83.3 Å². The average molecular weight is 642 g/mol. The van der Waals surface area contributed by atoms with Crippen LogP contribution in [0.3, 0.4) is 0 Å². The van der Waals surface area contributed by atoms with Crippen molar-refractivity contribution in [1.82, 2.24) is 20.5 Å². The summed E-state index contributed by atoms with van der Waals surface area (Å²) in [7, 11) is 0. The Balaban J connectivity index is 1.14. The van der Waals surface area contributed by atoms with Gasteiger partial charge in [0.25, 0.3) is 0 Å². The number of aryl methyl sites for hydroxylation is 1. The van der Waals surface area contributed by atoms with E-state index in [1.807, 2.05) is 67.6 Å². The van der Waals surface area contributed by atoms with Crippen LogP contribution in [0, 0.1) is 18.3 Å². The highest BCUT2D eigenvalue weighted by Gasteiger charge is 2.41. The van der Waals surface area contributed by atoms with Gasteiger partial charge in [0, 0.05) is 49.2 Å². The minimum atomic E-state index is -0.676. The van der Waals surface area contributed by atoms with Crippen molar-refractivity contribution in [2.24, 2.45) is 11.3 Å². The van der Waals surface area contributed by atoms with Gasteiger partial charge in [-0.15, -0.1) is 11.3 Å². The van der Waals surface area contributed by atoms with E-state index in [4.69, 9.17) is 9.72 Å². The number of carbonyl (C=O) groups is 3. The van der Waals surface area contributed by atoms with Crippen molar-refractivity contribution in [3.8, 4) is 11.3 Å². The van der Waals surface area contributed by atoms with Gasteiger partial charge < -0.3 is 20.7 Å². The third-order valence-corrected chi connectivity index (χ3v) is 10.4. The van der Waals surface area contributed by atoms with Crippen molar-refractivity contribution >= 4 is 34.2 Å². The summed E-state index contributed by atoms with van der Waals surface area (Å²) in [6.07, 6.45) is 8.07. The number of carbonyl (C=O) groups excluding carboxylic acids is 3. The van der Waals surface area contributed by atoms with Gasteiger partial charge in [-0.2, -0.15) is 0 Å². The number of benzene rings is 2. The zero-order valence-electron chi connectivity index (χ0n) is 26.4. The molecule has 9 nitrogen and oxygen atoms in total. The molecule has 46 heavy (non-hydrogen) atoms. The van der Waals surface area contributed by atoms with E-state index in [-0.39, 0.29) is 36.2 Å². The predicted molar refractivity (Wildman–Crippen MR) is 180 cm³/mol. The molecule has 1 aromatic heterocycles. The summed E-state index contributed by atoms with van der Waals surface area (Å²) in [5.41, 5.74) is 2.33. The van der Waals surface area contributed by atoms with Crippen LogP contribution >= 0.6 is 11.3 Å². The topological polar surface area (TPSA) is 113 Å². The molecule has 2 fully saturated rings. The van der Waals surface area contributed by atoms with Crippen molar-refractivity contribution in [2.75, 3.05) is 38.2 Å². The standard InChI is InChI=1S/C36H43N5O4S/c1-25-32(27-12-6-3-7-13-27)40-35(46-25)39-31(42)24-41-19-15-29-28(23-41)14-8-9-16-36(17-20-45-21-18-36)34(44)38-30(33(43)37-29)22-26-10-4-2-5-11-26/h2-13,28-30H,14-24H2,1H3,(H,37,43)(H,38,44)(H,39,40,42)/b9-8+/t28-,29+,30+/m1/s1. The Bertz CT molecular complexity index is 1540. The summed E-state index contributed by atoms with van der Waals surface area (Å²) in [6.45, 7) is 4.72. The lowest BCUT2D eigenvalue weighted by Crippen LogP contribution is -2.58. The molecule has 3 aromatic rings. The number of anilines is 1. The molecule has 1 spiro atoms. The summed E-state index contributed by atoms with van der Waals surface area (Å²) in [4.78, 5) is 48.7. The Morgan fingerprint density at radius 1 is 1.04 bits per heavy atom. The third kappa shape index (κ3) is 7.74. The summed E-state index contributed by atoms with van der Waals surface area (Å²) >= 11 is 1.49. The molecule has 6 rings (SSSR count). The maximum atomic E-state index is 13.8. The largest absolute Gasteiger partial charge is 0.381 e. The fourth-order valence-electron chi connectivity index (χ4n) is 6.88. The number of nitrogens with zero attached hydrogens (tertiary/aromatic N) is 2. The molecule has 2 aromatic carbocycles. The number of hydrogen-bond donors (Lipinski definition) is 3. The smallest absolute Gasteiger partial charge is 0.243 e. The number of thiazole rings is 1. The zero-order chi connectivity index (χ0) is 31.9. The minimum absolute atomic E-state index is 0.0573. The molecule has 3 N–H and O–H groups in total. The first-order chi connectivity index (χ1) is 22.4. The maximum absolute atomic E-state index is 13.8. The van der Waals surface area contributed by atoms with Gasteiger partial charge in [-0.25, -0.2) is 4.98 Å². The lowest BCUT2D eigenvalue weighted by atomic mass is 9.75. The molecule has 3 aliphatic rings. The highest BCUT2D eigenvalue weighted by molar-refractivity contribution is 7.16. The number of fused-ring (bicyclic) bond motifs is 1. The van der Waals surface area contributed by atoms with Crippen LogP contribution in [0.4, 0.5) is 5.13 Å². The fraction of sp³-hybridized carbons (Fsp3) is 0.444. The molecule has 3 atom stereocenters. The number of likely N-dealkylation sites (tertiary alicyclic amines) is 1. The van der Waals surface area contributed by atoms with Gasteiger partial charge in [-0.1, -0.05) is 72.8 Å². The van der Waals surface area contributed by atoms with Crippen molar-refractivity contribution in [3.63, 3.8) is 0 Å². The highest BCUT2D eigenvalue weighted by Crippen LogP contribution is 2.36. The maximum Gasteiger partial charge on any atom is 0.243 e. The first-order valence-electron chi connectivity index (χ1n) is 16.3. The number of piperidine rings is 1. The fourth-order valence-corrected chi connectivity index (χ4v) is 7.73. The molecule has 0 radical (unpaired) electrons. The molecule has 0 bridgehead atoms. The predicted octanol–water partition coefficient (Wildman–Crippen LogP) is 4.74. The summed E-state index contributed by atoms with van der Waals surface area (Å²) in [5.74, 6) is -0.183. The van der Waals surface area contributed by atoms with E-state index < -0.39 is 11.5 Å². The second-order valence-corrected chi connectivity index (χ2v) is 14.0. The van der Waals surface area contributed by atoms with Gasteiger partial charge in [0.05, 0.1) is 17.7 Å². The van der Waals surface area contributed by atoms with Crippen molar-refractivity contribution in [2.45, 2.75) is 57.5 Å². The summed E-state index contributed by atoms with van der Waals surface area (Å²) in [5, 5.41) is 10.1. The third-order valence-electron chi connectivity index (χ3n) is 9.55. The molecular weight excluding hydrogens is 598 g/mol. The summed E-state index contributed by atoms with van der Waals surface area (Å²) < 4.78 is 5.62. The van der Waals surface area contributed by atoms with Crippen LogP contribution < -0.4 is 16.0 Å². The molecule has 0 unspecified atom stereocenters. The Hall–Kier alpha value is -3.86. The van der Waals surface area contributed by atoms with Crippen LogP contribution in [0.5, 0.6) is 0 Å². The molecule has 0 aliphatic carbocycles. The lowest BCUT2D eigenvalue weighted by Gasteiger charge is -2.40. The number of aromatic nitrogens is 1. The molecular formula is C36H43N5O4S. The molecule has 242 valence electrons. The Morgan fingerprint density at radius 2 is 1.78 bits per heavy atom. The average Bonchev–Trinajstić information content (AvgIpc) is 3.43. The number of ether oxygens (including phenoxy) is 1. The number of rotatable bonds is 6. The second kappa shape index (κ2) is 14.7.